The first-order valence-electron chi connectivity index (χ1n) is 11.3. The first-order chi connectivity index (χ1) is 16.8. The van der Waals surface area contributed by atoms with Crippen LogP contribution in [0.4, 0.5) is 10.2 Å². The van der Waals surface area contributed by atoms with Gasteiger partial charge in [0.15, 0.2) is 34.5 Å². The molecule has 0 N–H and O–H groups in total. The number of phosphoric ester groups is 1. The predicted octanol–water partition coefficient (Wildman–Crippen LogP) is 3.89. The number of nitrogens with zero attached hydrogens (tertiary/aromatic N) is 5. The highest BCUT2D eigenvalue weighted by atomic mass is 35.5. The minimum absolute atomic E-state index is 0.0316. The topological polar surface area (TPSA) is 118 Å². The van der Waals surface area contributed by atoms with E-state index in [4.69, 9.17) is 29.9 Å². The summed E-state index contributed by atoms with van der Waals surface area (Å²) >= 11 is 7.25. The van der Waals surface area contributed by atoms with Gasteiger partial charge in [0, 0.05) is 25.3 Å². The van der Waals surface area contributed by atoms with Crippen LogP contribution in [0.5, 0.6) is 0 Å². The van der Waals surface area contributed by atoms with Gasteiger partial charge in [-0.3, -0.25) is 22.9 Å². The Morgan fingerprint density at radius 2 is 2.14 bits per heavy atom. The molecule has 1 unspecified atom stereocenters. The van der Waals surface area contributed by atoms with Crippen molar-refractivity contribution in [3.05, 3.63) is 12.2 Å². The van der Waals surface area contributed by atoms with Gasteiger partial charge in [-0.2, -0.15) is 0 Å². The standard InChI is InChI=1S/C21H30ClFN5O6PS/c1-12-25-16(27(5)6)14-17(26-12)28(11-24-14)18-13(23)15-21(9-22,33-18)10-32-35(30,34-15)31-7-8-36-19(29)20(2,3)4/h11,13,15,18H,7-10H2,1-6H3/t13-,15-,18+,21+,35?/m0/s1. The summed E-state index contributed by atoms with van der Waals surface area (Å²) in [6.07, 6.45) is -2.89. The Morgan fingerprint density at radius 1 is 1.42 bits per heavy atom. The van der Waals surface area contributed by atoms with E-state index in [1.165, 1.54) is 10.9 Å². The summed E-state index contributed by atoms with van der Waals surface area (Å²) in [5, 5.41) is -0.0316. The minimum Gasteiger partial charge on any atom is -0.361 e. The molecule has 2 saturated heterocycles. The average Bonchev–Trinajstić information content (AvgIpc) is 3.34. The van der Waals surface area contributed by atoms with E-state index in [0.29, 0.717) is 22.8 Å². The number of halogens is 2. The normalized spacial score (nSPS) is 30.5. The summed E-state index contributed by atoms with van der Waals surface area (Å²) in [6, 6.07) is 0. The van der Waals surface area contributed by atoms with Gasteiger partial charge in [0.2, 0.25) is 0 Å². The fraction of sp³-hybridized carbons (Fsp3) is 0.714. The van der Waals surface area contributed by atoms with Crippen LogP contribution in [0.2, 0.25) is 0 Å². The summed E-state index contributed by atoms with van der Waals surface area (Å²) in [6.45, 7) is 6.76. The quantitative estimate of drug-likeness (QED) is 0.276. The van der Waals surface area contributed by atoms with E-state index < -0.39 is 37.3 Å². The number of fused-ring (bicyclic) bond motifs is 2. The molecule has 2 aromatic rings. The number of hydrogen-bond acceptors (Lipinski definition) is 11. The molecule has 0 aromatic carbocycles. The Bertz CT molecular complexity index is 1200. The van der Waals surface area contributed by atoms with Gasteiger partial charge in [0.25, 0.3) is 0 Å². The zero-order chi connectivity index (χ0) is 26.5. The van der Waals surface area contributed by atoms with Gasteiger partial charge in [0.05, 0.1) is 25.4 Å². The summed E-state index contributed by atoms with van der Waals surface area (Å²) in [7, 11) is -0.476. The van der Waals surface area contributed by atoms with Gasteiger partial charge in [0.1, 0.15) is 17.5 Å². The van der Waals surface area contributed by atoms with Gasteiger partial charge in [-0.15, -0.1) is 11.6 Å². The van der Waals surface area contributed by atoms with E-state index in [2.05, 4.69) is 15.0 Å². The van der Waals surface area contributed by atoms with Crippen molar-refractivity contribution in [3.63, 3.8) is 0 Å². The lowest BCUT2D eigenvalue weighted by Crippen LogP contribution is -2.51. The number of ether oxygens (including phenoxy) is 1. The lowest BCUT2D eigenvalue weighted by atomic mass is 9.99. The third kappa shape index (κ3) is 5.16. The Labute approximate surface area is 218 Å². The summed E-state index contributed by atoms with van der Waals surface area (Å²) in [5.41, 5.74) is -1.06. The number of hydrogen-bond donors (Lipinski definition) is 0. The molecule has 5 atom stereocenters. The zero-order valence-electron chi connectivity index (χ0n) is 20.9. The van der Waals surface area contributed by atoms with Crippen molar-refractivity contribution in [1.29, 1.82) is 0 Å². The molecule has 4 rings (SSSR count). The molecule has 15 heteroatoms. The molecule has 36 heavy (non-hydrogen) atoms. The Morgan fingerprint density at radius 3 is 2.78 bits per heavy atom. The molecule has 0 aliphatic carbocycles. The van der Waals surface area contributed by atoms with Crippen LogP contribution in [0.25, 0.3) is 11.2 Å². The molecule has 2 aliphatic rings. The Kier molecular flexibility index (Phi) is 7.76. The zero-order valence-corrected chi connectivity index (χ0v) is 23.4. The van der Waals surface area contributed by atoms with Crippen LogP contribution in [0, 0.1) is 12.3 Å². The van der Waals surface area contributed by atoms with Crippen LogP contribution >= 0.6 is 31.2 Å². The fourth-order valence-corrected chi connectivity index (χ4v) is 6.55. The van der Waals surface area contributed by atoms with Gasteiger partial charge in [-0.1, -0.05) is 32.5 Å². The van der Waals surface area contributed by atoms with Crippen molar-refractivity contribution in [1.82, 2.24) is 19.5 Å². The molecule has 2 fully saturated rings. The number of thioether (sulfide) groups is 1. The van der Waals surface area contributed by atoms with Crippen LogP contribution < -0.4 is 4.90 Å². The first kappa shape index (κ1) is 27.7. The summed E-state index contributed by atoms with van der Waals surface area (Å²) in [4.78, 5) is 27.1. The number of alkyl halides is 2. The Hall–Kier alpha value is -1.34. The second-order valence-electron chi connectivity index (χ2n) is 9.93. The average molecular weight is 566 g/mol. The van der Waals surface area contributed by atoms with Crippen LogP contribution in [0.15, 0.2) is 6.33 Å². The minimum atomic E-state index is -4.12. The lowest BCUT2D eigenvalue weighted by Gasteiger charge is -2.38. The largest absolute Gasteiger partial charge is 0.475 e. The lowest BCUT2D eigenvalue weighted by molar-refractivity contribution is -0.133. The number of phosphoric acid groups is 1. The van der Waals surface area contributed by atoms with E-state index >= 15 is 4.39 Å². The molecular weight excluding hydrogens is 536 g/mol. The second kappa shape index (κ2) is 10.1. The number of aromatic nitrogens is 4. The molecule has 0 bridgehead atoms. The molecule has 2 aromatic heterocycles. The predicted molar refractivity (Wildman–Crippen MR) is 134 cm³/mol. The van der Waals surface area contributed by atoms with E-state index in [0.717, 1.165) is 11.8 Å². The molecule has 4 heterocycles. The number of imidazole rings is 1. The smallest absolute Gasteiger partial charge is 0.361 e. The third-order valence-corrected chi connectivity index (χ3v) is 8.89. The molecule has 0 radical (unpaired) electrons. The summed E-state index contributed by atoms with van der Waals surface area (Å²) in [5.74, 6) is 1.12. The van der Waals surface area contributed by atoms with Crippen LogP contribution in [0.1, 0.15) is 32.8 Å². The van der Waals surface area contributed by atoms with Gasteiger partial charge >= 0.3 is 7.82 Å². The van der Waals surface area contributed by atoms with Crippen molar-refractivity contribution >= 4 is 53.3 Å². The fourth-order valence-electron chi connectivity index (χ4n) is 3.87. The van der Waals surface area contributed by atoms with Crippen LogP contribution in [-0.4, -0.2) is 81.5 Å². The number of carbonyl (C=O) groups is 1. The molecular formula is C21H30ClFN5O6PS. The second-order valence-corrected chi connectivity index (χ2v) is 12.9. The molecule has 0 spiro atoms. The maximum atomic E-state index is 15.9. The van der Waals surface area contributed by atoms with Crippen molar-refractivity contribution in [2.24, 2.45) is 5.41 Å². The van der Waals surface area contributed by atoms with E-state index in [-0.39, 0.29) is 30.0 Å². The molecule has 2 aliphatic heterocycles. The summed E-state index contributed by atoms with van der Waals surface area (Å²) < 4.78 is 52.8. The SMILES string of the molecule is Cc1nc(N(C)C)c2ncn([C@@H]3O[C@]4(CCl)COP(=O)(OCCSC(=O)C(C)(C)C)O[C@H]4[C@@H]3F)c2n1. The first-order valence-corrected chi connectivity index (χ1v) is 14.3. The highest BCUT2D eigenvalue weighted by Gasteiger charge is 2.63. The maximum Gasteiger partial charge on any atom is 0.475 e. The Balaban J connectivity index is 1.52. The molecule has 200 valence electrons. The van der Waals surface area contributed by atoms with Crippen LogP contribution in [0.3, 0.4) is 0 Å². The molecule has 0 amide bonds. The highest BCUT2D eigenvalue weighted by Crippen LogP contribution is 2.60. The van der Waals surface area contributed by atoms with E-state index in [1.807, 2.05) is 14.1 Å². The van der Waals surface area contributed by atoms with E-state index in [1.54, 1.807) is 32.6 Å². The van der Waals surface area contributed by atoms with E-state index in [9.17, 15) is 9.36 Å². The number of aryl methyl sites for hydroxylation is 1. The molecule has 11 nitrogen and oxygen atoms in total. The third-order valence-electron chi connectivity index (χ3n) is 5.76. The van der Waals surface area contributed by atoms with Crippen molar-refractivity contribution < 1.29 is 32.1 Å². The van der Waals surface area contributed by atoms with Gasteiger partial charge < -0.3 is 9.64 Å². The van der Waals surface area contributed by atoms with Crippen LogP contribution in [-0.2, 0) is 27.7 Å². The highest BCUT2D eigenvalue weighted by molar-refractivity contribution is 8.13. The van der Waals surface area contributed by atoms with Crippen molar-refractivity contribution in [3.8, 4) is 0 Å². The number of rotatable bonds is 7. The van der Waals surface area contributed by atoms with Gasteiger partial charge in [-0.05, 0) is 6.92 Å². The van der Waals surface area contributed by atoms with Crippen molar-refractivity contribution in [2.45, 2.75) is 51.8 Å². The molecule has 0 saturated carbocycles. The maximum absolute atomic E-state index is 15.9. The van der Waals surface area contributed by atoms with Crippen molar-refractivity contribution in [2.75, 3.05) is 43.8 Å². The number of carbonyl (C=O) groups excluding carboxylic acids is 1. The monoisotopic (exact) mass is 565 g/mol. The number of anilines is 1. The van der Waals surface area contributed by atoms with Gasteiger partial charge in [-0.25, -0.2) is 23.9 Å².